The summed E-state index contributed by atoms with van der Waals surface area (Å²) in [4.78, 5) is 14.4. The quantitative estimate of drug-likeness (QED) is 0.745. The van der Waals surface area contributed by atoms with Gasteiger partial charge in [0.05, 0.1) is 19.2 Å². The summed E-state index contributed by atoms with van der Waals surface area (Å²) >= 11 is 0. The molecule has 1 aromatic heterocycles. The SMILES string of the molecule is CC(C)(C)c1cnc(CNCCC(=O)O)o1. The van der Waals surface area contributed by atoms with Gasteiger partial charge in [0.25, 0.3) is 0 Å². The van der Waals surface area contributed by atoms with Crippen molar-refractivity contribution in [3.63, 3.8) is 0 Å². The van der Waals surface area contributed by atoms with Gasteiger partial charge < -0.3 is 14.8 Å². The van der Waals surface area contributed by atoms with Gasteiger partial charge in [-0.2, -0.15) is 0 Å². The van der Waals surface area contributed by atoms with Crippen molar-refractivity contribution < 1.29 is 14.3 Å². The fourth-order valence-electron chi connectivity index (χ4n) is 1.13. The molecule has 0 unspecified atom stereocenters. The van der Waals surface area contributed by atoms with E-state index in [0.717, 1.165) is 5.76 Å². The van der Waals surface area contributed by atoms with Crippen LogP contribution in [-0.2, 0) is 16.8 Å². The van der Waals surface area contributed by atoms with E-state index in [1.807, 2.05) is 0 Å². The molecule has 0 aliphatic heterocycles. The molecule has 1 heterocycles. The molecule has 5 heteroatoms. The lowest BCUT2D eigenvalue weighted by Crippen LogP contribution is -2.17. The average molecular weight is 226 g/mol. The zero-order valence-corrected chi connectivity index (χ0v) is 9.91. The van der Waals surface area contributed by atoms with Crippen LogP contribution in [0, 0.1) is 0 Å². The molecule has 16 heavy (non-hydrogen) atoms. The van der Waals surface area contributed by atoms with Gasteiger partial charge in [-0.1, -0.05) is 20.8 Å². The molecule has 1 rings (SSSR count). The van der Waals surface area contributed by atoms with Crippen LogP contribution in [0.1, 0.15) is 38.8 Å². The normalized spacial score (nSPS) is 11.7. The van der Waals surface area contributed by atoms with Gasteiger partial charge in [-0.15, -0.1) is 0 Å². The molecule has 5 nitrogen and oxygen atoms in total. The summed E-state index contributed by atoms with van der Waals surface area (Å²) in [6.45, 7) is 7.03. The largest absolute Gasteiger partial charge is 0.481 e. The van der Waals surface area contributed by atoms with Crippen LogP contribution >= 0.6 is 0 Å². The third-order valence-corrected chi connectivity index (χ3v) is 2.08. The number of nitrogens with one attached hydrogen (secondary N) is 1. The molecule has 90 valence electrons. The highest BCUT2D eigenvalue weighted by Crippen LogP contribution is 2.22. The van der Waals surface area contributed by atoms with Crippen LogP contribution in [0.25, 0.3) is 0 Å². The van der Waals surface area contributed by atoms with Crippen molar-refractivity contribution in [3.05, 3.63) is 17.8 Å². The molecule has 0 aromatic carbocycles. The molecular formula is C11H18N2O3. The molecule has 0 radical (unpaired) electrons. The fraction of sp³-hybridized carbons (Fsp3) is 0.636. The standard InChI is InChI=1S/C11H18N2O3/c1-11(2,3)8-6-13-9(16-8)7-12-5-4-10(14)15/h6,12H,4-5,7H2,1-3H3,(H,14,15). The molecule has 1 aromatic rings. The number of carbonyl (C=O) groups is 1. The summed E-state index contributed by atoms with van der Waals surface area (Å²) in [5.74, 6) is 0.619. The van der Waals surface area contributed by atoms with Gasteiger partial charge >= 0.3 is 5.97 Å². The molecule has 2 N–H and O–H groups in total. The lowest BCUT2D eigenvalue weighted by molar-refractivity contribution is -0.136. The van der Waals surface area contributed by atoms with Crippen molar-refractivity contribution in [3.8, 4) is 0 Å². The molecule has 0 aliphatic rings. The number of aliphatic carboxylic acids is 1. The zero-order valence-electron chi connectivity index (χ0n) is 9.91. The van der Waals surface area contributed by atoms with E-state index >= 15 is 0 Å². The molecule has 0 saturated carbocycles. The van der Waals surface area contributed by atoms with Crippen LogP contribution in [0.2, 0.25) is 0 Å². The minimum atomic E-state index is -0.810. The first kappa shape index (κ1) is 12.7. The predicted octanol–water partition coefficient (Wildman–Crippen LogP) is 1.54. The minimum Gasteiger partial charge on any atom is -0.481 e. The van der Waals surface area contributed by atoms with Gasteiger partial charge in [0.2, 0.25) is 5.89 Å². The third-order valence-electron chi connectivity index (χ3n) is 2.08. The lowest BCUT2D eigenvalue weighted by Gasteiger charge is -2.13. The molecule has 0 atom stereocenters. The van der Waals surface area contributed by atoms with Crippen molar-refractivity contribution in [2.24, 2.45) is 0 Å². The van der Waals surface area contributed by atoms with Crippen molar-refractivity contribution >= 4 is 5.97 Å². The summed E-state index contributed by atoms with van der Waals surface area (Å²) in [6.07, 6.45) is 1.82. The Morgan fingerprint density at radius 2 is 2.25 bits per heavy atom. The maximum Gasteiger partial charge on any atom is 0.304 e. The minimum absolute atomic E-state index is 0.0493. The number of oxazole rings is 1. The first-order chi connectivity index (χ1) is 7.39. The summed E-state index contributed by atoms with van der Waals surface area (Å²) in [7, 11) is 0. The van der Waals surface area contributed by atoms with Crippen LogP contribution in [0.4, 0.5) is 0 Å². The van der Waals surface area contributed by atoms with Gasteiger partial charge in [-0.25, -0.2) is 4.98 Å². The number of hydrogen-bond acceptors (Lipinski definition) is 4. The Labute approximate surface area is 94.9 Å². The number of hydrogen-bond donors (Lipinski definition) is 2. The van der Waals surface area contributed by atoms with E-state index in [9.17, 15) is 4.79 Å². The molecule has 0 bridgehead atoms. The Morgan fingerprint density at radius 1 is 1.56 bits per heavy atom. The van der Waals surface area contributed by atoms with Crippen molar-refractivity contribution in [2.45, 2.75) is 39.2 Å². The Kier molecular flexibility index (Phi) is 4.06. The zero-order chi connectivity index (χ0) is 12.2. The Morgan fingerprint density at radius 3 is 2.75 bits per heavy atom. The second-order valence-corrected chi connectivity index (χ2v) is 4.69. The van der Waals surface area contributed by atoms with Gasteiger partial charge in [0.1, 0.15) is 5.76 Å². The van der Waals surface area contributed by atoms with Crippen LogP contribution in [0.3, 0.4) is 0 Å². The van der Waals surface area contributed by atoms with Crippen molar-refractivity contribution in [1.29, 1.82) is 0 Å². The predicted molar refractivity (Wildman–Crippen MR) is 59.2 cm³/mol. The van der Waals surface area contributed by atoms with Gasteiger partial charge in [-0.05, 0) is 0 Å². The average Bonchev–Trinajstić information content (AvgIpc) is 2.59. The molecule has 0 spiro atoms. The maximum atomic E-state index is 10.3. The monoisotopic (exact) mass is 226 g/mol. The molecule has 0 fully saturated rings. The Bertz CT molecular complexity index is 352. The highest BCUT2D eigenvalue weighted by molar-refractivity contribution is 5.66. The van der Waals surface area contributed by atoms with E-state index < -0.39 is 5.97 Å². The van der Waals surface area contributed by atoms with E-state index in [4.69, 9.17) is 9.52 Å². The second kappa shape index (κ2) is 5.12. The van der Waals surface area contributed by atoms with E-state index in [1.54, 1.807) is 6.20 Å². The topological polar surface area (TPSA) is 75.4 Å². The second-order valence-electron chi connectivity index (χ2n) is 4.69. The van der Waals surface area contributed by atoms with Gasteiger partial charge in [-0.3, -0.25) is 4.79 Å². The molecule has 0 aliphatic carbocycles. The van der Waals surface area contributed by atoms with Crippen LogP contribution < -0.4 is 5.32 Å². The van der Waals surface area contributed by atoms with Gasteiger partial charge in [0, 0.05) is 12.0 Å². The third kappa shape index (κ3) is 4.02. The first-order valence-corrected chi connectivity index (χ1v) is 5.27. The number of aromatic nitrogens is 1. The Hall–Kier alpha value is -1.36. The summed E-state index contributed by atoms with van der Waals surface area (Å²) in [6, 6.07) is 0. The molecular weight excluding hydrogens is 208 g/mol. The van der Waals surface area contributed by atoms with Crippen molar-refractivity contribution in [2.75, 3.05) is 6.54 Å². The highest BCUT2D eigenvalue weighted by atomic mass is 16.4. The van der Waals surface area contributed by atoms with E-state index in [-0.39, 0.29) is 11.8 Å². The van der Waals surface area contributed by atoms with Crippen LogP contribution in [0.15, 0.2) is 10.6 Å². The smallest absolute Gasteiger partial charge is 0.304 e. The molecule has 0 amide bonds. The van der Waals surface area contributed by atoms with E-state index in [0.29, 0.717) is 19.0 Å². The van der Waals surface area contributed by atoms with E-state index in [2.05, 4.69) is 31.1 Å². The maximum absolute atomic E-state index is 10.3. The number of carboxylic acid groups (broad SMARTS) is 1. The van der Waals surface area contributed by atoms with Crippen LogP contribution in [0.5, 0.6) is 0 Å². The number of rotatable bonds is 5. The first-order valence-electron chi connectivity index (χ1n) is 5.27. The highest BCUT2D eigenvalue weighted by Gasteiger charge is 2.18. The van der Waals surface area contributed by atoms with Crippen molar-refractivity contribution in [1.82, 2.24) is 10.3 Å². The summed E-state index contributed by atoms with van der Waals surface area (Å²) < 4.78 is 5.53. The lowest BCUT2D eigenvalue weighted by atomic mass is 9.94. The molecule has 0 saturated heterocycles. The summed E-state index contributed by atoms with van der Waals surface area (Å²) in [5.41, 5.74) is -0.0493. The Balaban J connectivity index is 2.38. The fourth-order valence-corrected chi connectivity index (χ4v) is 1.13. The summed E-state index contributed by atoms with van der Waals surface area (Å²) in [5, 5.41) is 11.4. The number of carboxylic acids is 1. The number of nitrogens with zero attached hydrogens (tertiary/aromatic N) is 1. The van der Waals surface area contributed by atoms with Crippen LogP contribution in [-0.4, -0.2) is 22.6 Å². The van der Waals surface area contributed by atoms with Gasteiger partial charge in [0.15, 0.2) is 0 Å². The van der Waals surface area contributed by atoms with E-state index in [1.165, 1.54) is 0 Å².